The molecule has 1 aliphatic rings. The van der Waals surface area contributed by atoms with E-state index in [1.165, 1.54) is 11.3 Å². The molecular weight excluding hydrogens is 404 g/mol. The monoisotopic (exact) mass is 416 g/mol. The summed E-state index contributed by atoms with van der Waals surface area (Å²) in [6, 6.07) is 10.4. The average molecular weight is 417 g/mol. The molecule has 1 aromatic carbocycles. The van der Waals surface area contributed by atoms with Crippen molar-refractivity contribution in [1.29, 1.82) is 0 Å². The maximum Gasteiger partial charge on any atom is 0.245 e. The summed E-state index contributed by atoms with van der Waals surface area (Å²) in [4.78, 5) is 38.6. The minimum Gasteiger partial charge on any atom is -1.00 e. The zero-order chi connectivity index (χ0) is 16.8. The van der Waals surface area contributed by atoms with Crippen LogP contribution in [0.1, 0.15) is 41.8 Å². The Hall–Kier alpha value is -2.38. The topological polar surface area (TPSA) is 60.0 Å². The van der Waals surface area contributed by atoms with Crippen molar-refractivity contribution in [1.82, 2.24) is 4.57 Å². The number of carbonyl (C=O) groups excluding carboxylic acids is 3. The number of hydrogen-bond donors (Lipinski definition) is 0. The Bertz CT molecular complexity index is 1010. The van der Waals surface area contributed by atoms with Crippen LogP contribution >= 0.6 is 11.3 Å². The summed E-state index contributed by atoms with van der Waals surface area (Å²) in [5, 5.41) is 1.84. The molecule has 4 rings (SSSR count). The van der Waals surface area contributed by atoms with Crippen LogP contribution in [0.15, 0.2) is 48.1 Å². The molecule has 25 heavy (non-hydrogen) atoms. The first-order valence-corrected chi connectivity index (χ1v) is 8.30. The minimum absolute atomic E-state index is 0. The summed E-state index contributed by atoms with van der Waals surface area (Å²) < 4.78 is 3.20. The molecule has 0 bridgehead atoms. The number of imidazole rings is 1. The minimum atomic E-state index is -0.222. The zero-order valence-electron chi connectivity index (χ0n) is 13.2. The molecule has 0 N–H and O–H groups in total. The molecule has 0 radical (unpaired) electrons. The van der Waals surface area contributed by atoms with Crippen molar-refractivity contribution in [3.8, 4) is 0 Å². The van der Waals surface area contributed by atoms with Crippen LogP contribution in [0.3, 0.4) is 0 Å². The van der Waals surface area contributed by atoms with Crippen molar-refractivity contribution in [2.24, 2.45) is 7.05 Å². The Morgan fingerprint density at radius 2 is 1.76 bits per heavy atom. The number of nitrogens with zero attached hydrogens (tertiary/aromatic N) is 2. The van der Waals surface area contributed by atoms with Crippen molar-refractivity contribution in [3.05, 3.63) is 75.5 Å². The van der Waals surface area contributed by atoms with Gasteiger partial charge in [-0.05, 0) is 11.4 Å². The quantitative estimate of drug-likeness (QED) is 0.319. The molecule has 7 heteroatoms. The van der Waals surface area contributed by atoms with Gasteiger partial charge in [0.2, 0.25) is 35.1 Å². The van der Waals surface area contributed by atoms with Crippen LogP contribution in [0, 0.1) is 0 Å². The number of ketones is 3. The number of halogens is 1. The summed E-state index contributed by atoms with van der Waals surface area (Å²) >= 11 is 1.36. The molecule has 0 spiro atoms. The molecule has 0 fully saturated rings. The number of fused-ring (bicyclic) bond motifs is 2. The lowest BCUT2D eigenvalue weighted by Gasteiger charge is -2.12. The molecule has 2 heterocycles. The van der Waals surface area contributed by atoms with Gasteiger partial charge in [-0.25, -0.2) is 9.13 Å². The molecule has 0 unspecified atom stereocenters. The van der Waals surface area contributed by atoms with Crippen LogP contribution < -0.4 is 21.5 Å². The lowest BCUT2D eigenvalue weighted by Crippen LogP contribution is -3.00. The zero-order valence-corrected chi connectivity index (χ0v) is 15.6. The number of rotatable bonds is 3. The third kappa shape index (κ3) is 2.69. The highest BCUT2D eigenvalue weighted by atomic mass is 79.9. The van der Waals surface area contributed by atoms with E-state index in [0.717, 1.165) is 0 Å². The van der Waals surface area contributed by atoms with Gasteiger partial charge in [-0.15, -0.1) is 11.3 Å². The number of benzene rings is 1. The van der Waals surface area contributed by atoms with Crippen LogP contribution in [0.5, 0.6) is 0 Å². The molecule has 0 saturated heterocycles. The smallest absolute Gasteiger partial charge is 0.245 e. The van der Waals surface area contributed by atoms with Gasteiger partial charge in [0, 0.05) is 11.1 Å². The fourth-order valence-electron chi connectivity index (χ4n) is 3.06. The van der Waals surface area contributed by atoms with E-state index < -0.39 is 0 Å². The second-order valence-electron chi connectivity index (χ2n) is 5.66. The molecule has 5 nitrogen and oxygen atoms in total. The molecule has 2 aromatic heterocycles. The van der Waals surface area contributed by atoms with Crippen molar-refractivity contribution in [3.63, 3.8) is 0 Å². The van der Waals surface area contributed by atoms with Gasteiger partial charge in [0.15, 0.2) is 6.54 Å². The van der Waals surface area contributed by atoms with Gasteiger partial charge in [0.25, 0.3) is 0 Å². The van der Waals surface area contributed by atoms with E-state index in [2.05, 4.69) is 0 Å². The highest BCUT2D eigenvalue weighted by molar-refractivity contribution is 7.12. The fraction of sp³-hybridized carbons (Fsp3) is 0.111. The summed E-state index contributed by atoms with van der Waals surface area (Å²) in [5.74, 6) is -0.493. The number of aromatic nitrogens is 2. The number of hydrogen-bond acceptors (Lipinski definition) is 4. The third-order valence-electron chi connectivity index (χ3n) is 4.13. The van der Waals surface area contributed by atoms with E-state index in [9.17, 15) is 14.4 Å². The predicted molar refractivity (Wildman–Crippen MR) is 87.6 cm³/mol. The highest BCUT2D eigenvalue weighted by Crippen LogP contribution is 2.25. The standard InChI is InChI=1S/C18H13N2O3S.BrH/c1-19-10-20(9-13(21)14-7-4-8-24-14)16-15(19)17(22)11-5-2-3-6-12(11)18(16)23;/h2-8,10H,9H2,1H3;1H/q+1;/p-1. The molecule has 0 aliphatic heterocycles. The Morgan fingerprint density at radius 3 is 2.40 bits per heavy atom. The molecule has 0 saturated carbocycles. The summed E-state index contributed by atoms with van der Waals surface area (Å²) in [6.45, 7) is 0.0326. The average Bonchev–Trinajstić information content (AvgIpc) is 3.21. The van der Waals surface area contributed by atoms with E-state index in [-0.39, 0.29) is 46.6 Å². The lowest BCUT2D eigenvalue weighted by atomic mass is 9.90. The Morgan fingerprint density at radius 1 is 1.08 bits per heavy atom. The Kier molecular flexibility index (Phi) is 4.53. The first-order valence-electron chi connectivity index (χ1n) is 7.42. The maximum atomic E-state index is 12.9. The van der Waals surface area contributed by atoms with Gasteiger partial charge in [-0.2, -0.15) is 0 Å². The van der Waals surface area contributed by atoms with Gasteiger partial charge in [-0.1, -0.05) is 30.3 Å². The largest absolute Gasteiger partial charge is 1.00 e. The second-order valence-corrected chi connectivity index (χ2v) is 6.60. The molecule has 126 valence electrons. The number of Topliss-reactive ketones (excluding diaryl/α,β-unsaturated/α-hetero) is 1. The molecule has 3 aromatic rings. The lowest BCUT2D eigenvalue weighted by molar-refractivity contribution is -0.672. The van der Waals surface area contributed by atoms with E-state index in [1.807, 2.05) is 11.4 Å². The number of aryl methyl sites for hydroxylation is 1. The molecule has 0 amide bonds. The van der Waals surface area contributed by atoms with Gasteiger partial charge < -0.3 is 17.0 Å². The van der Waals surface area contributed by atoms with Gasteiger partial charge >= 0.3 is 0 Å². The first-order chi connectivity index (χ1) is 11.6. The normalized spacial score (nSPS) is 12.4. The van der Waals surface area contributed by atoms with E-state index in [0.29, 0.717) is 21.7 Å². The van der Waals surface area contributed by atoms with E-state index in [1.54, 1.807) is 52.8 Å². The summed E-state index contributed by atoms with van der Waals surface area (Å²) in [7, 11) is 1.71. The van der Waals surface area contributed by atoms with E-state index >= 15 is 0 Å². The molecule has 1 aliphatic carbocycles. The van der Waals surface area contributed by atoms with Crippen molar-refractivity contribution in [2.75, 3.05) is 0 Å². The number of carbonyl (C=O) groups is 3. The second kappa shape index (κ2) is 6.50. The Balaban J connectivity index is 0.00000182. The summed E-state index contributed by atoms with van der Waals surface area (Å²) in [6.07, 6.45) is 1.64. The van der Waals surface area contributed by atoms with Gasteiger partial charge in [-0.3, -0.25) is 14.4 Å². The van der Waals surface area contributed by atoms with E-state index in [4.69, 9.17) is 0 Å². The maximum absolute atomic E-state index is 12.9. The van der Waals surface area contributed by atoms with Crippen LogP contribution in [0.4, 0.5) is 0 Å². The summed E-state index contributed by atoms with van der Waals surface area (Å²) in [5.41, 5.74) is 1.41. The first kappa shape index (κ1) is 17.4. The van der Waals surface area contributed by atoms with Crippen LogP contribution in [-0.2, 0) is 13.6 Å². The SMILES string of the molecule is C[n+]1cn(CC(=O)c2cccs2)c2c1C(=O)c1ccccc1C2=O.[Br-]. The highest BCUT2D eigenvalue weighted by Gasteiger charge is 2.40. The molecule has 0 atom stereocenters. The van der Waals surface area contributed by atoms with Gasteiger partial charge in [0.05, 0.1) is 11.9 Å². The van der Waals surface area contributed by atoms with Crippen LogP contribution in [-0.4, -0.2) is 21.9 Å². The van der Waals surface area contributed by atoms with Crippen molar-refractivity contribution in [2.45, 2.75) is 6.54 Å². The van der Waals surface area contributed by atoms with Gasteiger partial charge in [0.1, 0.15) is 0 Å². The third-order valence-corrected chi connectivity index (χ3v) is 5.04. The number of thiophene rings is 1. The van der Waals surface area contributed by atoms with Crippen LogP contribution in [0.25, 0.3) is 0 Å². The fourth-order valence-corrected chi connectivity index (χ4v) is 3.71. The predicted octanol–water partition coefficient (Wildman–Crippen LogP) is -0.964. The Labute approximate surface area is 158 Å². The van der Waals surface area contributed by atoms with Crippen molar-refractivity contribution < 1.29 is 35.9 Å². The van der Waals surface area contributed by atoms with Crippen molar-refractivity contribution >= 4 is 28.7 Å². The molecular formula is C18H13BrN2O3S. The van der Waals surface area contributed by atoms with Crippen LogP contribution in [0.2, 0.25) is 0 Å².